The normalized spacial score (nSPS) is 12.3. The summed E-state index contributed by atoms with van der Waals surface area (Å²) in [5.74, 6) is 1.09. The number of hydrogen-bond donors (Lipinski definition) is 0. The molecule has 0 amide bonds. The molecular formula is C12H18BrN3S. The monoisotopic (exact) mass is 315 g/mol. The zero-order valence-electron chi connectivity index (χ0n) is 10.7. The first-order chi connectivity index (χ1) is 7.92. The molecule has 5 heteroatoms. The van der Waals surface area contributed by atoms with E-state index < -0.39 is 0 Å². The molecule has 0 atom stereocenters. The van der Waals surface area contributed by atoms with Gasteiger partial charge in [0.2, 0.25) is 0 Å². The largest absolute Gasteiger partial charge is 0.358 e. The Hall–Kier alpha value is -0.550. The zero-order valence-corrected chi connectivity index (χ0v) is 13.1. The predicted molar refractivity (Wildman–Crippen MR) is 78.4 cm³/mol. The summed E-state index contributed by atoms with van der Waals surface area (Å²) in [6, 6.07) is 0. The number of anilines is 1. The Kier molecular flexibility index (Phi) is 3.50. The molecule has 0 aromatic carbocycles. The highest BCUT2D eigenvalue weighted by atomic mass is 79.9. The first-order valence-corrected chi connectivity index (χ1v) is 7.64. The van der Waals surface area contributed by atoms with E-state index in [2.05, 4.69) is 64.6 Å². The van der Waals surface area contributed by atoms with Crippen LogP contribution in [0.3, 0.4) is 0 Å². The summed E-state index contributed by atoms with van der Waals surface area (Å²) in [5.41, 5.74) is 1.50. The highest BCUT2D eigenvalue weighted by Gasteiger charge is 2.20. The van der Waals surface area contributed by atoms with Gasteiger partial charge in [-0.2, -0.15) is 0 Å². The summed E-state index contributed by atoms with van der Waals surface area (Å²) >= 11 is 5.24. The van der Waals surface area contributed by atoms with Crippen molar-refractivity contribution in [3.63, 3.8) is 0 Å². The van der Waals surface area contributed by atoms with Crippen molar-refractivity contribution in [2.45, 2.75) is 26.1 Å². The van der Waals surface area contributed by atoms with E-state index >= 15 is 0 Å². The smallest absolute Gasteiger partial charge is 0.195 e. The molecule has 0 aliphatic carbocycles. The van der Waals surface area contributed by atoms with Gasteiger partial charge in [0.15, 0.2) is 10.8 Å². The fourth-order valence-corrected chi connectivity index (χ4v) is 3.29. The third-order valence-corrected chi connectivity index (χ3v) is 3.83. The number of fused-ring (bicyclic) bond motifs is 1. The van der Waals surface area contributed by atoms with Gasteiger partial charge >= 0.3 is 0 Å². The van der Waals surface area contributed by atoms with Crippen LogP contribution < -0.4 is 4.90 Å². The molecule has 0 radical (unpaired) electrons. The number of aromatic nitrogens is 2. The van der Waals surface area contributed by atoms with Gasteiger partial charge in [-0.25, -0.2) is 4.98 Å². The van der Waals surface area contributed by atoms with Gasteiger partial charge in [0, 0.05) is 30.5 Å². The lowest BCUT2D eigenvalue weighted by Gasteiger charge is -2.27. The van der Waals surface area contributed by atoms with Crippen LogP contribution in [0.1, 0.15) is 26.5 Å². The number of nitrogens with zero attached hydrogens (tertiary/aromatic N) is 3. The van der Waals surface area contributed by atoms with Gasteiger partial charge in [0.25, 0.3) is 0 Å². The number of imidazole rings is 1. The lowest BCUT2D eigenvalue weighted by Crippen LogP contribution is -2.30. The maximum Gasteiger partial charge on any atom is 0.195 e. The minimum absolute atomic E-state index is 0.273. The van der Waals surface area contributed by atoms with Gasteiger partial charge in [-0.05, 0) is 5.41 Å². The van der Waals surface area contributed by atoms with Gasteiger partial charge in [-0.1, -0.05) is 36.7 Å². The van der Waals surface area contributed by atoms with Crippen LogP contribution in [0.4, 0.5) is 5.82 Å². The molecule has 0 bridgehead atoms. The van der Waals surface area contributed by atoms with Gasteiger partial charge in [0.05, 0.1) is 5.69 Å². The molecule has 0 aliphatic rings. The van der Waals surface area contributed by atoms with Crippen LogP contribution in [0.25, 0.3) is 4.96 Å². The van der Waals surface area contributed by atoms with E-state index in [-0.39, 0.29) is 5.41 Å². The van der Waals surface area contributed by atoms with E-state index in [9.17, 15) is 0 Å². The first-order valence-electron chi connectivity index (χ1n) is 5.64. The Bertz CT molecular complexity index is 509. The van der Waals surface area contributed by atoms with Crippen LogP contribution in [0.2, 0.25) is 0 Å². The summed E-state index contributed by atoms with van der Waals surface area (Å²) in [6.45, 7) is 7.74. The molecule has 2 rings (SSSR count). The van der Waals surface area contributed by atoms with Crippen molar-refractivity contribution in [1.29, 1.82) is 0 Å². The molecule has 2 aromatic rings. The molecular weight excluding hydrogens is 298 g/mol. The molecule has 3 nitrogen and oxygen atoms in total. The standard InChI is InChI=1S/C12H18BrN3S/c1-12(2,3)8-15(4)10-9(7-13)16-5-6-17-11(16)14-10/h5-6H,7-8H2,1-4H3. The molecule has 0 saturated heterocycles. The van der Waals surface area contributed by atoms with Crippen LogP contribution in [-0.4, -0.2) is 23.0 Å². The molecule has 0 spiro atoms. The summed E-state index contributed by atoms with van der Waals surface area (Å²) < 4.78 is 2.16. The summed E-state index contributed by atoms with van der Waals surface area (Å²) in [5, 5.41) is 2.90. The molecule has 2 heterocycles. The predicted octanol–water partition coefficient (Wildman–Crippen LogP) is 3.77. The second-order valence-electron chi connectivity index (χ2n) is 5.49. The van der Waals surface area contributed by atoms with Gasteiger partial charge < -0.3 is 4.90 Å². The van der Waals surface area contributed by atoms with Crippen molar-refractivity contribution in [2.75, 3.05) is 18.5 Å². The molecule has 0 N–H and O–H groups in total. The van der Waals surface area contributed by atoms with Crippen molar-refractivity contribution in [3.05, 3.63) is 17.3 Å². The van der Waals surface area contributed by atoms with Crippen LogP contribution in [-0.2, 0) is 5.33 Å². The second kappa shape index (κ2) is 4.61. The summed E-state index contributed by atoms with van der Waals surface area (Å²) in [6.07, 6.45) is 2.08. The van der Waals surface area contributed by atoms with E-state index in [1.807, 2.05) is 0 Å². The molecule has 17 heavy (non-hydrogen) atoms. The maximum atomic E-state index is 4.70. The average Bonchev–Trinajstić information content (AvgIpc) is 2.72. The van der Waals surface area contributed by atoms with E-state index in [0.29, 0.717) is 0 Å². The first kappa shape index (κ1) is 12.9. The summed E-state index contributed by atoms with van der Waals surface area (Å²) in [4.78, 5) is 8.02. The average molecular weight is 316 g/mol. The van der Waals surface area contributed by atoms with Gasteiger partial charge in [0.1, 0.15) is 0 Å². The Morgan fingerprint density at radius 3 is 2.76 bits per heavy atom. The number of hydrogen-bond acceptors (Lipinski definition) is 3. The van der Waals surface area contributed by atoms with E-state index in [1.165, 1.54) is 5.69 Å². The molecule has 0 aliphatic heterocycles. The van der Waals surface area contributed by atoms with Crippen molar-refractivity contribution >= 4 is 38.0 Å². The van der Waals surface area contributed by atoms with E-state index in [0.717, 1.165) is 22.7 Å². The van der Waals surface area contributed by atoms with Crippen LogP contribution in [0.5, 0.6) is 0 Å². The molecule has 94 valence electrons. The lowest BCUT2D eigenvalue weighted by molar-refractivity contribution is 0.418. The van der Waals surface area contributed by atoms with Crippen molar-refractivity contribution in [3.8, 4) is 0 Å². The Labute approximate surface area is 115 Å². The number of thiazole rings is 1. The molecule has 0 saturated carbocycles. The summed E-state index contributed by atoms with van der Waals surface area (Å²) in [7, 11) is 2.11. The number of halogens is 1. The van der Waals surface area contributed by atoms with Gasteiger partial charge in [-0.3, -0.25) is 4.40 Å². The SMILES string of the molecule is CN(CC(C)(C)C)c1nc2sccn2c1CBr. The Balaban J connectivity index is 2.37. The minimum atomic E-state index is 0.273. The molecule has 2 aromatic heterocycles. The van der Waals surface area contributed by atoms with Crippen LogP contribution in [0, 0.1) is 5.41 Å². The van der Waals surface area contributed by atoms with E-state index in [1.54, 1.807) is 11.3 Å². The fourth-order valence-electron chi connectivity index (χ4n) is 2.04. The molecule has 0 unspecified atom stereocenters. The van der Waals surface area contributed by atoms with Crippen LogP contribution in [0.15, 0.2) is 11.6 Å². The topological polar surface area (TPSA) is 20.5 Å². The van der Waals surface area contributed by atoms with E-state index in [4.69, 9.17) is 4.98 Å². The highest BCUT2D eigenvalue weighted by Crippen LogP contribution is 2.27. The third-order valence-electron chi connectivity index (χ3n) is 2.54. The van der Waals surface area contributed by atoms with Crippen molar-refractivity contribution in [2.24, 2.45) is 5.41 Å². The minimum Gasteiger partial charge on any atom is -0.358 e. The third kappa shape index (κ3) is 2.65. The van der Waals surface area contributed by atoms with Crippen molar-refractivity contribution in [1.82, 2.24) is 9.38 Å². The Morgan fingerprint density at radius 2 is 2.18 bits per heavy atom. The van der Waals surface area contributed by atoms with Crippen LogP contribution >= 0.6 is 27.3 Å². The second-order valence-corrected chi connectivity index (χ2v) is 6.92. The Morgan fingerprint density at radius 1 is 1.47 bits per heavy atom. The lowest BCUT2D eigenvalue weighted by atomic mass is 9.96. The maximum absolute atomic E-state index is 4.70. The highest BCUT2D eigenvalue weighted by molar-refractivity contribution is 9.08. The number of alkyl halides is 1. The van der Waals surface area contributed by atoms with Crippen molar-refractivity contribution < 1.29 is 0 Å². The van der Waals surface area contributed by atoms with Gasteiger partial charge in [-0.15, -0.1) is 11.3 Å². The fraction of sp³-hybridized carbons (Fsp3) is 0.583. The zero-order chi connectivity index (χ0) is 12.6. The number of rotatable bonds is 3. The quantitative estimate of drug-likeness (QED) is 0.804. The molecule has 0 fully saturated rings.